The molecule has 0 heterocycles. The van der Waals surface area contributed by atoms with E-state index in [4.69, 9.17) is 13.7 Å². The van der Waals surface area contributed by atoms with Crippen LogP contribution in [0.25, 0.3) is 0 Å². The van der Waals surface area contributed by atoms with Gasteiger partial charge in [0.1, 0.15) is 0 Å². The molecule has 0 aromatic carbocycles. The average Bonchev–Trinajstić information content (AvgIpc) is 2.26. The van der Waals surface area contributed by atoms with Gasteiger partial charge in [-0.1, -0.05) is 6.92 Å². The molecule has 0 spiro atoms. The van der Waals surface area contributed by atoms with E-state index < -0.39 is 0 Å². The lowest BCUT2D eigenvalue weighted by molar-refractivity contribution is 0.0464. The summed E-state index contributed by atoms with van der Waals surface area (Å²) < 4.78 is 15.9. The molecule has 0 amide bonds. The van der Waals surface area contributed by atoms with Gasteiger partial charge in [-0.15, -0.1) is 0 Å². The van der Waals surface area contributed by atoms with Crippen LogP contribution in [0.5, 0.6) is 0 Å². The molecule has 0 saturated heterocycles. The van der Waals surface area contributed by atoms with Gasteiger partial charge in [-0.05, 0) is 25.7 Å². The Bertz CT molecular complexity index is 105. The fraction of sp³-hybridized carbons (Fsp3) is 1.00. The van der Waals surface area contributed by atoms with E-state index in [1.807, 2.05) is 0 Å². The Kier molecular flexibility index (Phi) is 15.9. The third kappa shape index (κ3) is 15.0. The Labute approximate surface area is 109 Å². The van der Waals surface area contributed by atoms with Crippen LogP contribution >= 0.6 is 30.4 Å². The van der Waals surface area contributed by atoms with E-state index in [0.717, 1.165) is 52.3 Å². The minimum atomic E-state index is 0.722. The Morgan fingerprint density at radius 2 is 1.53 bits per heavy atom. The molecule has 0 radical (unpaired) electrons. The molecular formula is C10H21IO3S. The van der Waals surface area contributed by atoms with E-state index in [1.54, 1.807) is 0 Å². The SMILES string of the molecule is CCCOCCOCCCCCOSI. The zero-order chi connectivity index (χ0) is 11.2. The van der Waals surface area contributed by atoms with E-state index in [0.29, 0.717) is 0 Å². The average molecular weight is 348 g/mol. The molecule has 0 aliphatic carbocycles. The molecule has 0 aromatic rings. The fourth-order valence-corrected chi connectivity index (χ4v) is 1.76. The van der Waals surface area contributed by atoms with Gasteiger partial charge in [0.15, 0.2) is 0 Å². The van der Waals surface area contributed by atoms with Gasteiger partial charge in [0, 0.05) is 34.4 Å². The summed E-state index contributed by atoms with van der Waals surface area (Å²) in [5.41, 5.74) is 0. The van der Waals surface area contributed by atoms with Crippen LogP contribution < -0.4 is 0 Å². The molecule has 5 heteroatoms. The first kappa shape index (κ1) is 16.0. The van der Waals surface area contributed by atoms with E-state index in [2.05, 4.69) is 28.1 Å². The largest absolute Gasteiger partial charge is 0.379 e. The van der Waals surface area contributed by atoms with Gasteiger partial charge in [0.2, 0.25) is 0 Å². The molecule has 92 valence electrons. The first-order valence-electron chi connectivity index (χ1n) is 5.47. The van der Waals surface area contributed by atoms with E-state index in [-0.39, 0.29) is 0 Å². The second-order valence-corrected chi connectivity index (χ2v) is 4.61. The first-order chi connectivity index (χ1) is 7.41. The van der Waals surface area contributed by atoms with Crippen LogP contribution in [0, 0.1) is 0 Å². The van der Waals surface area contributed by atoms with Gasteiger partial charge in [-0.2, -0.15) is 0 Å². The van der Waals surface area contributed by atoms with E-state index in [9.17, 15) is 0 Å². The zero-order valence-corrected chi connectivity index (χ0v) is 12.3. The lowest BCUT2D eigenvalue weighted by atomic mass is 10.2. The number of ether oxygens (including phenoxy) is 2. The lowest BCUT2D eigenvalue weighted by Gasteiger charge is -2.04. The molecule has 0 saturated carbocycles. The van der Waals surface area contributed by atoms with Crippen molar-refractivity contribution in [2.75, 3.05) is 33.0 Å². The quantitative estimate of drug-likeness (QED) is 0.306. The van der Waals surface area contributed by atoms with Crippen molar-refractivity contribution in [1.82, 2.24) is 0 Å². The number of unbranched alkanes of at least 4 members (excludes halogenated alkanes) is 2. The van der Waals surface area contributed by atoms with Crippen molar-refractivity contribution in [3.8, 4) is 0 Å². The second-order valence-electron chi connectivity index (χ2n) is 3.17. The van der Waals surface area contributed by atoms with Gasteiger partial charge >= 0.3 is 0 Å². The van der Waals surface area contributed by atoms with Gasteiger partial charge in [-0.25, -0.2) is 0 Å². The standard InChI is InChI=1S/C10H21IO3S/c1-2-6-12-9-10-13-7-4-3-5-8-14-15-11/h2-10H2,1H3. The Morgan fingerprint density at radius 3 is 2.20 bits per heavy atom. The molecule has 0 unspecified atom stereocenters. The van der Waals surface area contributed by atoms with Crippen molar-refractivity contribution >= 4 is 30.4 Å². The summed E-state index contributed by atoms with van der Waals surface area (Å²) >= 11 is 2.13. The summed E-state index contributed by atoms with van der Waals surface area (Å²) in [4.78, 5) is 0. The number of rotatable bonds is 12. The molecule has 0 fully saturated rings. The molecule has 0 bridgehead atoms. The maximum atomic E-state index is 5.41. The van der Waals surface area contributed by atoms with Crippen LogP contribution in [0.1, 0.15) is 32.6 Å². The van der Waals surface area contributed by atoms with Crippen LogP contribution in [-0.4, -0.2) is 33.0 Å². The Morgan fingerprint density at radius 1 is 0.867 bits per heavy atom. The van der Waals surface area contributed by atoms with Crippen LogP contribution in [0.2, 0.25) is 0 Å². The molecule has 0 aliphatic heterocycles. The molecule has 0 atom stereocenters. The fourth-order valence-electron chi connectivity index (χ4n) is 1.04. The third-order valence-corrected chi connectivity index (χ3v) is 2.80. The maximum absolute atomic E-state index is 5.41. The number of hydrogen-bond donors (Lipinski definition) is 0. The molecule has 0 rings (SSSR count). The third-order valence-electron chi connectivity index (χ3n) is 1.78. The van der Waals surface area contributed by atoms with Crippen molar-refractivity contribution in [1.29, 1.82) is 0 Å². The summed E-state index contributed by atoms with van der Waals surface area (Å²) in [6.45, 7) is 6.08. The van der Waals surface area contributed by atoms with Crippen LogP contribution in [-0.2, 0) is 13.7 Å². The summed E-state index contributed by atoms with van der Waals surface area (Å²) in [5, 5.41) is 0. The molecule has 15 heavy (non-hydrogen) atoms. The van der Waals surface area contributed by atoms with Crippen molar-refractivity contribution in [3.63, 3.8) is 0 Å². The normalized spacial score (nSPS) is 10.8. The Balaban J connectivity index is 2.81. The van der Waals surface area contributed by atoms with Crippen molar-refractivity contribution in [2.24, 2.45) is 0 Å². The topological polar surface area (TPSA) is 27.7 Å². The highest BCUT2D eigenvalue weighted by atomic mass is 127. The molecule has 0 aliphatic rings. The maximum Gasteiger partial charge on any atom is 0.0700 e. The van der Waals surface area contributed by atoms with Gasteiger partial charge in [0.25, 0.3) is 0 Å². The second kappa shape index (κ2) is 15.0. The highest BCUT2D eigenvalue weighted by Crippen LogP contribution is 2.12. The highest BCUT2D eigenvalue weighted by molar-refractivity contribution is 14.2. The number of hydrogen-bond acceptors (Lipinski definition) is 4. The summed E-state index contributed by atoms with van der Waals surface area (Å²) in [6, 6.07) is 0. The first-order valence-corrected chi connectivity index (χ1v) is 8.76. The van der Waals surface area contributed by atoms with Crippen molar-refractivity contribution in [2.45, 2.75) is 32.6 Å². The molecule has 3 nitrogen and oxygen atoms in total. The number of halogens is 1. The summed E-state index contributed by atoms with van der Waals surface area (Å²) in [5.74, 6) is 0. The van der Waals surface area contributed by atoms with Gasteiger partial charge in [0.05, 0.1) is 29.0 Å². The smallest absolute Gasteiger partial charge is 0.0700 e. The molecule has 0 aromatic heterocycles. The summed E-state index contributed by atoms with van der Waals surface area (Å²) in [6.07, 6.45) is 4.48. The monoisotopic (exact) mass is 348 g/mol. The summed E-state index contributed by atoms with van der Waals surface area (Å²) in [7, 11) is 1.40. The highest BCUT2D eigenvalue weighted by Gasteiger charge is 1.92. The van der Waals surface area contributed by atoms with Crippen molar-refractivity contribution < 1.29 is 13.7 Å². The van der Waals surface area contributed by atoms with E-state index >= 15 is 0 Å². The van der Waals surface area contributed by atoms with Crippen molar-refractivity contribution in [3.05, 3.63) is 0 Å². The van der Waals surface area contributed by atoms with Gasteiger partial charge < -0.3 is 13.7 Å². The lowest BCUT2D eigenvalue weighted by Crippen LogP contribution is -2.05. The zero-order valence-electron chi connectivity index (χ0n) is 9.37. The molecule has 0 N–H and O–H groups in total. The van der Waals surface area contributed by atoms with Crippen LogP contribution in [0.3, 0.4) is 0 Å². The Hall–Kier alpha value is 0.960. The minimum Gasteiger partial charge on any atom is -0.379 e. The predicted molar refractivity (Wildman–Crippen MR) is 73.3 cm³/mol. The van der Waals surface area contributed by atoms with Crippen LogP contribution in [0.15, 0.2) is 0 Å². The predicted octanol–water partition coefficient (Wildman–Crippen LogP) is 3.61. The molecular weight excluding hydrogens is 327 g/mol. The van der Waals surface area contributed by atoms with Gasteiger partial charge in [-0.3, -0.25) is 0 Å². The van der Waals surface area contributed by atoms with E-state index in [1.165, 1.54) is 15.6 Å². The van der Waals surface area contributed by atoms with Crippen LogP contribution in [0.4, 0.5) is 0 Å². The minimum absolute atomic E-state index is 0.722.